The van der Waals surface area contributed by atoms with Crippen LogP contribution in [0.15, 0.2) is 29.1 Å². The van der Waals surface area contributed by atoms with Crippen molar-refractivity contribution in [1.29, 1.82) is 0 Å². The zero-order chi connectivity index (χ0) is 16.2. The minimum atomic E-state index is -0.672. The molecule has 0 radical (unpaired) electrons. The Morgan fingerprint density at radius 2 is 2.22 bits per heavy atom. The molecule has 0 aliphatic heterocycles. The quantitative estimate of drug-likeness (QED) is 0.678. The van der Waals surface area contributed by atoms with Crippen molar-refractivity contribution in [3.05, 3.63) is 44.8 Å². The van der Waals surface area contributed by atoms with Crippen LogP contribution in [0.3, 0.4) is 0 Å². The van der Waals surface area contributed by atoms with Crippen LogP contribution in [0.4, 0.5) is 0 Å². The fourth-order valence-corrected chi connectivity index (χ4v) is 3.69. The molecular formula is C14H12ClN3O3S2. The predicted octanol–water partition coefficient (Wildman–Crippen LogP) is 2.63. The van der Waals surface area contributed by atoms with Crippen molar-refractivity contribution < 1.29 is 14.3 Å². The Morgan fingerprint density at radius 3 is 3.00 bits per heavy atom. The maximum absolute atomic E-state index is 12.1. The third-order valence-electron chi connectivity index (χ3n) is 3.02. The normalized spacial score (nSPS) is 10.8. The molecule has 0 saturated heterocycles. The number of thiophene rings is 1. The Hall–Kier alpha value is -1.90. The lowest BCUT2D eigenvalue weighted by Crippen LogP contribution is -2.30. The van der Waals surface area contributed by atoms with Crippen molar-refractivity contribution in [1.82, 2.24) is 14.7 Å². The average Bonchev–Trinajstić information content (AvgIpc) is 3.22. The molecule has 0 bridgehead atoms. The number of imidazole rings is 1. The Balaban J connectivity index is 1.49. The molecule has 23 heavy (non-hydrogen) atoms. The summed E-state index contributed by atoms with van der Waals surface area (Å²) in [5, 5.41) is 6.54. The van der Waals surface area contributed by atoms with Gasteiger partial charge in [0.15, 0.2) is 22.4 Å². The summed E-state index contributed by atoms with van der Waals surface area (Å²) in [7, 11) is 0. The molecule has 0 aromatic carbocycles. The van der Waals surface area contributed by atoms with E-state index in [1.165, 1.54) is 16.2 Å². The predicted molar refractivity (Wildman–Crippen MR) is 89.4 cm³/mol. The molecule has 0 aliphatic carbocycles. The number of rotatable bonds is 6. The van der Waals surface area contributed by atoms with Crippen LogP contribution in [0.2, 0.25) is 5.15 Å². The second kappa shape index (κ2) is 7.12. The van der Waals surface area contributed by atoms with E-state index in [0.29, 0.717) is 11.5 Å². The highest BCUT2D eigenvalue weighted by Gasteiger charge is 2.21. The largest absolute Gasteiger partial charge is 0.451 e. The molecule has 3 rings (SSSR count). The van der Waals surface area contributed by atoms with Crippen molar-refractivity contribution in [2.24, 2.45) is 0 Å². The molecule has 120 valence electrons. The van der Waals surface area contributed by atoms with Gasteiger partial charge in [0.05, 0.1) is 0 Å². The van der Waals surface area contributed by atoms with Gasteiger partial charge in [0.25, 0.3) is 5.91 Å². The SMILES string of the molecule is O=C(COC(=O)c1c(Cl)nc2sccn12)NCCc1cccs1. The fraction of sp³-hybridized carbons (Fsp3) is 0.214. The molecule has 9 heteroatoms. The lowest BCUT2D eigenvalue weighted by molar-refractivity contribution is -0.124. The zero-order valence-electron chi connectivity index (χ0n) is 11.8. The van der Waals surface area contributed by atoms with Gasteiger partial charge in [0.2, 0.25) is 0 Å². The number of amides is 1. The number of thiazole rings is 1. The van der Waals surface area contributed by atoms with E-state index in [9.17, 15) is 9.59 Å². The highest BCUT2D eigenvalue weighted by atomic mass is 35.5. The highest BCUT2D eigenvalue weighted by Crippen LogP contribution is 2.21. The van der Waals surface area contributed by atoms with Gasteiger partial charge < -0.3 is 10.1 Å². The summed E-state index contributed by atoms with van der Waals surface area (Å²) in [4.78, 5) is 29.6. The minimum absolute atomic E-state index is 0.0694. The molecule has 0 spiro atoms. The summed E-state index contributed by atoms with van der Waals surface area (Å²) in [6.07, 6.45) is 2.43. The topological polar surface area (TPSA) is 72.7 Å². The van der Waals surface area contributed by atoms with Crippen LogP contribution >= 0.6 is 34.3 Å². The monoisotopic (exact) mass is 369 g/mol. The first-order valence-electron chi connectivity index (χ1n) is 6.72. The number of hydrogen-bond acceptors (Lipinski definition) is 6. The second-order valence-electron chi connectivity index (χ2n) is 4.56. The van der Waals surface area contributed by atoms with Crippen LogP contribution in [0.25, 0.3) is 4.96 Å². The maximum atomic E-state index is 12.1. The van der Waals surface area contributed by atoms with Crippen molar-refractivity contribution >= 4 is 51.1 Å². The van der Waals surface area contributed by atoms with E-state index < -0.39 is 5.97 Å². The molecule has 0 aliphatic rings. The van der Waals surface area contributed by atoms with E-state index in [4.69, 9.17) is 16.3 Å². The van der Waals surface area contributed by atoms with Crippen LogP contribution in [0.1, 0.15) is 15.4 Å². The summed E-state index contributed by atoms with van der Waals surface area (Å²) in [5.41, 5.74) is 0.134. The number of halogens is 1. The molecule has 3 aromatic heterocycles. The number of ether oxygens (including phenoxy) is 1. The maximum Gasteiger partial charge on any atom is 0.359 e. The molecule has 3 aromatic rings. The van der Waals surface area contributed by atoms with E-state index >= 15 is 0 Å². The molecular weight excluding hydrogens is 358 g/mol. The highest BCUT2D eigenvalue weighted by molar-refractivity contribution is 7.15. The van der Waals surface area contributed by atoms with Gasteiger partial charge in [-0.3, -0.25) is 9.20 Å². The smallest absolute Gasteiger partial charge is 0.359 e. The summed E-state index contributed by atoms with van der Waals surface area (Å²) < 4.78 is 6.55. The van der Waals surface area contributed by atoms with Gasteiger partial charge in [0.1, 0.15) is 0 Å². The van der Waals surface area contributed by atoms with E-state index in [1.807, 2.05) is 17.5 Å². The molecule has 0 saturated carbocycles. The van der Waals surface area contributed by atoms with E-state index in [2.05, 4.69) is 10.3 Å². The minimum Gasteiger partial charge on any atom is -0.451 e. The molecule has 0 fully saturated rings. The van der Waals surface area contributed by atoms with Gasteiger partial charge in [-0.2, -0.15) is 0 Å². The zero-order valence-corrected chi connectivity index (χ0v) is 14.2. The number of carbonyl (C=O) groups excluding carboxylic acids is 2. The van der Waals surface area contributed by atoms with Crippen LogP contribution < -0.4 is 5.32 Å². The van der Waals surface area contributed by atoms with Crippen LogP contribution in [-0.4, -0.2) is 34.4 Å². The number of esters is 1. The number of fused-ring (bicyclic) bond motifs is 1. The summed E-state index contributed by atoms with van der Waals surface area (Å²) in [5.74, 6) is -1.02. The first-order chi connectivity index (χ1) is 11.1. The van der Waals surface area contributed by atoms with Crippen molar-refractivity contribution in [3.8, 4) is 0 Å². The molecule has 3 heterocycles. The van der Waals surface area contributed by atoms with Gasteiger partial charge in [-0.15, -0.1) is 22.7 Å². The van der Waals surface area contributed by atoms with Crippen molar-refractivity contribution in [2.45, 2.75) is 6.42 Å². The van der Waals surface area contributed by atoms with Crippen molar-refractivity contribution in [3.63, 3.8) is 0 Å². The van der Waals surface area contributed by atoms with Gasteiger partial charge in [-0.25, -0.2) is 9.78 Å². The number of carbonyl (C=O) groups is 2. The molecule has 0 unspecified atom stereocenters. The van der Waals surface area contributed by atoms with E-state index in [1.54, 1.807) is 27.3 Å². The number of nitrogens with zero attached hydrogens (tertiary/aromatic N) is 2. The number of hydrogen-bond donors (Lipinski definition) is 1. The summed E-state index contributed by atoms with van der Waals surface area (Å²) in [6, 6.07) is 3.97. The number of aromatic nitrogens is 2. The Kier molecular flexibility index (Phi) is 4.94. The summed E-state index contributed by atoms with van der Waals surface area (Å²) >= 11 is 8.92. The third-order valence-corrected chi connectivity index (χ3v) is 4.98. The third kappa shape index (κ3) is 3.72. The lowest BCUT2D eigenvalue weighted by atomic mass is 10.3. The van der Waals surface area contributed by atoms with E-state index in [-0.39, 0.29) is 23.4 Å². The molecule has 1 N–H and O–H groups in total. The van der Waals surface area contributed by atoms with Crippen LogP contribution in [0.5, 0.6) is 0 Å². The Morgan fingerprint density at radius 1 is 1.35 bits per heavy atom. The first-order valence-corrected chi connectivity index (χ1v) is 8.86. The van der Waals surface area contributed by atoms with Gasteiger partial charge in [-0.05, 0) is 17.9 Å². The second-order valence-corrected chi connectivity index (χ2v) is 6.83. The Bertz CT molecular complexity index is 826. The molecule has 6 nitrogen and oxygen atoms in total. The first kappa shape index (κ1) is 16.0. The lowest BCUT2D eigenvalue weighted by Gasteiger charge is -2.06. The average molecular weight is 370 g/mol. The van der Waals surface area contributed by atoms with E-state index in [0.717, 1.165) is 6.42 Å². The fourth-order valence-electron chi connectivity index (χ4n) is 1.97. The molecule has 0 atom stereocenters. The van der Waals surface area contributed by atoms with Crippen LogP contribution in [-0.2, 0) is 16.0 Å². The summed E-state index contributed by atoms with van der Waals surface area (Å²) in [6.45, 7) is 0.149. The van der Waals surface area contributed by atoms with Gasteiger partial charge in [0, 0.05) is 23.0 Å². The van der Waals surface area contributed by atoms with Crippen LogP contribution in [0, 0.1) is 0 Å². The number of nitrogens with one attached hydrogen (secondary N) is 1. The Labute approximate surface area is 144 Å². The standard InChI is InChI=1S/C14H12ClN3O3S2/c15-12-11(18-5-7-23-14(18)17-12)13(20)21-8-10(19)16-4-3-9-2-1-6-22-9/h1-2,5-7H,3-4,8H2,(H,16,19). The van der Waals surface area contributed by atoms with Gasteiger partial charge in [-0.1, -0.05) is 17.7 Å². The van der Waals surface area contributed by atoms with Crippen molar-refractivity contribution in [2.75, 3.05) is 13.2 Å². The molecule has 1 amide bonds. The van der Waals surface area contributed by atoms with Gasteiger partial charge >= 0.3 is 5.97 Å².